The molecule has 0 spiro atoms. The summed E-state index contributed by atoms with van der Waals surface area (Å²) < 4.78 is 5.57. The van der Waals surface area contributed by atoms with E-state index >= 15 is 0 Å². The molecule has 1 aromatic carbocycles. The first kappa shape index (κ1) is 13.5. The molecule has 4 heteroatoms. The fourth-order valence-corrected chi connectivity index (χ4v) is 1.68. The van der Waals surface area contributed by atoms with Crippen LogP contribution in [-0.2, 0) is 18.0 Å². The van der Waals surface area contributed by atoms with Gasteiger partial charge in [-0.15, -0.1) is 0 Å². The van der Waals surface area contributed by atoms with Crippen LogP contribution >= 0.6 is 0 Å². The van der Waals surface area contributed by atoms with Crippen LogP contribution in [0.4, 0.5) is 0 Å². The number of ketones is 1. The maximum atomic E-state index is 11.7. The highest BCUT2D eigenvalue weighted by Gasteiger charge is 2.14. The standard InChI is InChI=1S/C15H18N2O2/c1-11(2)14(18)15-16-8-13(17-15)10-19-9-12-6-4-3-5-7-12/h3-8,11H,9-10H2,1-2H3,(H,16,17). The summed E-state index contributed by atoms with van der Waals surface area (Å²) in [7, 11) is 0. The van der Waals surface area contributed by atoms with Gasteiger partial charge in [-0.1, -0.05) is 44.2 Å². The van der Waals surface area contributed by atoms with Crippen LogP contribution in [0, 0.1) is 5.92 Å². The van der Waals surface area contributed by atoms with E-state index in [1.54, 1.807) is 6.20 Å². The lowest BCUT2D eigenvalue weighted by molar-refractivity contribution is 0.0927. The molecule has 2 rings (SSSR count). The Hall–Kier alpha value is -1.94. The Morgan fingerprint density at radius 2 is 2.00 bits per heavy atom. The quantitative estimate of drug-likeness (QED) is 0.810. The van der Waals surface area contributed by atoms with Crippen molar-refractivity contribution < 1.29 is 9.53 Å². The molecule has 1 aromatic heterocycles. The third-order valence-corrected chi connectivity index (χ3v) is 2.75. The van der Waals surface area contributed by atoms with E-state index < -0.39 is 0 Å². The van der Waals surface area contributed by atoms with Crippen molar-refractivity contribution in [2.24, 2.45) is 5.92 Å². The van der Waals surface area contributed by atoms with Gasteiger partial charge in [0.2, 0.25) is 5.78 Å². The van der Waals surface area contributed by atoms with E-state index in [0.717, 1.165) is 11.3 Å². The molecule has 0 fully saturated rings. The highest BCUT2D eigenvalue weighted by Crippen LogP contribution is 2.07. The van der Waals surface area contributed by atoms with E-state index in [0.29, 0.717) is 19.0 Å². The van der Waals surface area contributed by atoms with E-state index in [4.69, 9.17) is 4.74 Å². The van der Waals surface area contributed by atoms with Crippen molar-refractivity contribution >= 4 is 5.78 Å². The van der Waals surface area contributed by atoms with Crippen LogP contribution in [0.3, 0.4) is 0 Å². The largest absolute Gasteiger partial charge is 0.370 e. The molecule has 0 unspecified atom stereocenters. The van der Waals surface area contributed by atoms with Crippen LogP contribution in [0.2, 0.25) is 0 Å². The second-order valence-corrected chi connectivity index (χ2v) is 4.74. The van der Waals surface area contributed by atoms with Crippen molar-refractivity contribution in [2.45, 2.75) is 27.1 Å². The first-order valence-electron chi connectivity index (χ1n) is 6.37. The molecule has 0 aliphatic rings. The Bertz CT molecular complexity index is 532. The molecule has 0 radical (unpaired) electrons. The Morgan fingerprint density at radius 1 is 1.26 bits per heavy atom. The number of imidazole rings is 1. The summed E-state index contributed by atoms with van der Waals surface area (Å²) in [5.41, 5.74) is 1.87. The molecule has 1 heterocycles. The molecule has 0 aliphatic carbocycles. The Balaban J connectivity index is 1.85. The number of H-pyrrole nitrogens is 1. The number of aromatic amines is 1. The molecule has 2 aromatic rings. The van der Waals surface area contributed by atoms with Crippen molar-refractivity contribution in [2.75, 3.05) is 0 Å². The zero-order valence-electron chi connectivity index (χ0n) is 11.2. The predicted octanol–water partition coefficient (Wildman–Crippen LogP) is 2.97. The van der Waals surface area contributed by atoms with Gasteiger partial charge in [0.25, 0.3) is 0 Å². The Morgan fingerprint density at radius 3 is 2.68 bits per heavy atom. The van der Waals surface area contributed by atoms with Crippen molar-refractivity contribution in [1.29, 1.82) is 0 Å². The minimum absolute atomic E-state index is 0.0225. The van der Waals surface area contributed by atoms with Crippen LogP contribution in [0.1, 0.15) is 35.7 Å². The van der Waals surface area contributed by atoms with Gasteiger partial charge in [-0.3, -0.25) is 4.79 Å². The molecule has 4 nitrogen and oxygen atoms in total. The van der Waals surface area contributed by atoms with Gasteiger partial charge < -0.3 is 9.72 Å². The second kappa shape index (κ2) is 6.29. The van der Waals surface area contributed by atoms with Crippen molar-refractivity contribution in [3.63, 3.8) is 0 Å². The van der Waals surface area contributed by atoms with Gasteiger partial charge in [-0.05, 0) is 5.56 Å². The number of nitrogens with one attached hydrogen (secondary N) is 1. The summed E-state index contributed by atoms with van der Waals surface area (Å²) in [5.74, 6) is 0.381. The van der Waals surface area contributed by atoms with E-state index in [2.05, 4.69) is 9.97 Å². The summed E-state index contributed by atoms with van der Waals surface area (Å²) in [4.78, 5) is 18.8. The number of hydrogen-bond acceptors (Lipinski definition) is 3. The lowest BCUT2D eigenvalue weighted by Gasteiger charge is -2.02. The van der Waals surface area contributed by atoms with Gasteiger partial charge in [0, 0.05) is 12.1 Å². The SMILES string of the molecule is CC(C)C(=O)c1nc(COCc2ccccc2)c[nH]1. The number of Topliss-reactive ketones (excluding diaryl/α,β-unsaturated/α-hetero) is 1. The number of ether oxygens (including phenoxy) is 1. The number of aromatic nitrogens is 2. The highest BCUT2D eigenvalue weighted by molar-refractivity contribution is 5.93. The molecule has 0 aliphatic heterocycles. The first-order chi connectivity index (χ1) is 9.16. The fourth-order valence-electron chi connectivity index (χ4n) is 1.68. The number of rotatable bonds is 6. The van der Waals surface area contributed by atoms with Gasteiger partial charge in [0.1, 0.15) is 0 Å². The van der Waals surface area contributed by atoms with E-state index in [-0.39, 0.29) is 11.7 Å². The molecule has 0 saturated heterocycles. The van der Waals surface area contributed by atoms with Gasteiger partial charge in [0.05, 0.1) is 18.9 Å². The van der Waals surface area contributed by atoms with E-state index in [1.165, 1.54) is 0 Å². The van der Waals surface area contributed by atoms with Crippen LogP contribution in [0.5, 0.6) is 0 Å². The van der Waals surface area contributed by atoms with Gasteiger partial charge in [0.15, 0.2) is 5.82 Å². The summed E-state index contributed by atoms with van der Waals surface area (Å²) >= 11 is 0. The molecule has 1 N–H and O–H groups in total. The molecule has 0 bridgehead atoms. The van der Waals surface area contributed by atoms with Gasteiger partial charge in [-0.25, -0.2) is 4.98 Å². The van der Waals surface area contributed by atoms with E-state index in [9.17, 15) is 4.79 Å². The normalized spacial score (nSPS) is 10.9. The highest BCUT2D eigenvalue weighted by atomic mass is 16.5. The smallest absolute Gasteiger partial charge is 0.200 e. The Kier molecular flexibility index (Phi) is 4.47. The van der Waals surface area contributed by atoms with Crippen LogP contribution < -0.4 is 0 Å². The third-order valence-electron chi connectivity index (χ3n) is 2.75. The first-order valence-corrected chi connectivity index (χ1v) is 6.37. The van der Waals surface area contributed by atoms with Crippen LogP contribution in [0.25, 0.3) is 0 Å². The minimum Gasteiger partial charge on any atom is -0.370 e. The zero-order chi connectivity index (χ0) is 13.7. The summed E-state index contributed by atoms with van der Waals surface area (Å²) in [6.07, 6.45) is 1.72. The number of carbonyl (C=O) groups is 1. The number of nitrogens with zero attached hydrogens (tertiary/aromatic N) is 1. The summed E-state index contributed by atoms with van der Waals surface area (Å²) in [5, 5.41) is 0. The average Bonchev–Trinajstić information content (AvgIpc) is 2.88. The van der Waals surface area contributed by atoms with Gasteiger partial charge in [-0.2, -0.15) is 0 Å². The number of benzene rings is 1. The minimum atomic E-state index is -0.0516. The average molecular weight is 258 g/mol. The molecule has 0 atom stereocenters. The fraction of sp³-hybridized carbons (Fsp3) is 0.333. The van der Waals surface area contributed by atoms with Crippen molar-refractivity contribution in [1.82, 2.24) is 9.97 Å². The molecule has 100 valence electrons. The molecule has 19 heavy (non-hydrogen) atoms. The predicted molar refractivity (Wildman–Crippen MR) is 72.7 cm³/mol. The van der Waals surface area contributed by atoms with Gasteiger partial charge >= 0.3 is 0 Å². The zero-order valence-corrected chi connectivity index (χ0v) is 11.2. The molecular formula is C15H18N2O2. The summed E-state index contributed by atoms with van der Waals surface area (Å²) in [6.45, 7) is 4.66. The monoisotopic (exact) mass is 258 g/mol. The molecule has 0 saturated carbocycles. The Labute approximate surface area is 112 Å². The number of carbonyl (C=O) groups excluding carboxylic acids is 1. The van der Waals surface area contributed by atoms with Crippen molar-refractivity contribution in [3.8, 4) is 0 Å². The van der Waals surface area contributed by atoms with Crippen molar-refractivity contribution in [3.05, 3.63) is 53.6 Å². The maximum absolute atomic E-state index is 11.7. The molecular weight excluding hydrogens is 240 g/mol. The molecule has 0 amide bonds. The number of hydrogen-bond donors (Lipinski definition) is 1. The van der Waals surface area contributed by atoms with Crippen LogP contribution in [-0.4, -0.2) is 15.8 Å². The summed E-state index contributed by atoms with van der Waals surface area (Å²) in [6, 6.07) is 9.96. The topological polar surface area (TPSA) is 55.0 Å². The third kappa shape index (κ3) is 3.76. The maximum Gasteiger partial charge on any atom is 0.200 e. The lowest BCUT2D eigenvalue weighted by Crippen LogP contribution is -2.09. The van der Waals surface area contributed by atoms with Crippen LogP contribution in [0.15, 0.2) is 36.5 Å². The van der Waals surface area contributed by atoms with E-state index in [1.807, 2.05) is 44.2 Å². The lowest BCUT2D eigenvalue weighted by atomic mass is 10.1. The second-order valence-electron chi connectivity index (χ2n) is 4.74.